The molecule has 4 rings (SSSR count). The first-order chi connectivity index (χ1) is 21.1. The zero-order chi connectivity index (χ0) is 31.7. The lowest BCUT2D eigenvalue weighted by molar-refractivity contribution is -0.138. The Morgan fingerprint density at radius 2 is 1.68 bits per heavy atom. The minimum atomic E-state index is -4.59. The first kappa shape index (κ1) is 33.4. The van der Waals surface area contributed by atoms with Crippen LogP contribution in [0, 0.1) is 19.1 Å². The van der Waals surface area contributed by atoms with Crippen molar-refractivity contribution >= 4 is 23.2 Å². The summed E-state index contributed by atoms with van der Waals surface area (Å²) in [5, 5.41) is 0.847. The lowest BCUT2D eigenvalue weighted by atomic mass is 9.88. The Balaban J connectivity index is 1.44. The van der Waals surface area contributed by atoms with Gasteiger partial charge in [-0.3, -0.25) is 4.98 Å². The fourth-order valence-electron chi connectivity index (χ4n) is 4.89. The van der Waals surface area contributed by atoms with Crippen LogP contribution in [0.1, 0.15) is 40.2 Å². The van der Waals surface area contributed by atoms with E-state index in [-0.39, 0.29) is 31.0 Å². The number of benzene rings is 2. The van der Waals surface area contributed by atoms with Gasteiger partial charge in [0.1, 0.15) is 19.0 Å². The Hall–Kier alpha value is -3.48. The molecule has 0 fully saturated rings. The van der Waals surface area contributed by atoms with E-state index in [4.69, 9.17) is 43.1 Å². The molecular formula is C34H33Cl2F3N2O3. The van der Waals surface area contributed by atoms with Crippen LogP contribution in [0.15, 0.2) is 60.8 Å². The molecule has 1 atom stereocenters. The van der Waals surface area contributed by atoms with Gasteiger partial charge in [-0.1, -0.05) is 47.5 Å². The van der Waals surface area contributed by atoms with Crippen LogP contribution in [0.5, 0.6) is 11.5 Å². The second kappa shape index (κ2) is 15.5. The van der Waals surface area contributed by atoms with E-state index < -0.39 is 17.7 Å². The summed E-state index contributed by atoms with van der Waals surface area (Å²) in [6, 6.07) is 21.0. The molecule has 4 aromatic rings. The van der Waals surface area contributed by atoms with E-state index in [9.17, 15) is 13.2 Å². The number of hydrogen-bond donors (Lipinski definition) is 1. The maximum absolute atomic E-state index is 14.4. The molecule has 0 saturated carbocycles. The van der Waals surface area contributed by atoms with Gasteiger partial charge in [0.15, 0.2) is 5.75 Å². The van der Waals surface area contributed by atoms with Gasteiger partial charge < -0.3 is 19.9 Å². The average Bonchev–Trinajstić information content (AvgIpc) is 2.99. The lowest BCUT2D eigenvalue weighted by Gasteiger charge is -2.21. The van der Waals surface area contributed by atoms with Crippen molar-refractivity contribution in [1.29, 1.82) is 0 Å². The van der Waals surface area contributed by atoms with Crippen molar-refractivity contribution in [3.8, 4) is 22.8 Å². The number of rotatable bonds is 14. The van der Waals surface area contributed by atoms with E-state index in [1.807, 2.05) is 19.1 Å². The zero-order valence-electron chi connectivity index (χ0n) is 24.4. The molecule has 1 aromatic heterocycles. The van der Waals surface area contributed by atoms with Crippen molar-refractivity contribution in [3.05, 3.63) is 111 Å². The maximum atomic E-state index is 14.4. The van der Waals surface area contributed by atoms with Crippen molar-refractivity contribution < 1.29 is 27.4 Å². The number of methoxy groups -OCH3 is 1. The molecule has 0 bridgehead atoms. The molecule has 0 aliphatic heterocycles. The molecule has 10 heteroatoms. The highest BCUT2D eigenvalue weighted by atomic mass is 35.5. The topological polar surface area (TPSA) is 66.6 Å². The third-order valence-corrected chi connectivity index (χ3v) is 7.61. The summed E-state index contributed by atoms with van der Waals surface area (Å²) in [5.74, 6) is 0.381. The van der Waals surface area contributed by atoms with Gasteiger partial charge in [0.05, 0.1) is 21.3 Å². The second-order valence-electron chi connectivity index (χ2n) is 10.3. The van der Waals surface area contributed by atoms with Crippen LogP contribution >= 0.6 is 23.2 Å². The van der Waals surface area contributed by atoms with Crippen LogP contribution in [0.3, 0.4) is 0 Å². The van der Waals surface area contributed by atoms with Gasteiger partial charge in [-0.15, -0.1) is 0 Å². The maximum Gasteiger partial charge on any atom is 0.416 e. The van der Waals surface area contributed by atoms with E-state index in [2.05, 4.69) is 17.1 Å². The monoisotopic (exact) mass is 644 g/mol. The first-order valence-corrected chi connectivity index (χ1v) is 14.8. The molecule has 0 aliphatic carbocycles. The summed E-state index contributed by atoms with van der Waals surface area (Å²) in [6.45, 7) is 2.89. The molecule has 0 aliphatic rings. The minimum Gasteiger partial charge on any atom is -0.490 e. The Morgan fingerprint density at radius 3 is 2.34 bits per heavy atom. The number of ether oxygens (including phenoxy) is 3. The highest BCUT2D eigenvalue weighted by Gasteiger charge is 2.36. The van der Waals surface area contributed by atoms with E-state index in [0.717, 1.165) is 22.8 Å². The van der Waals surface area contributed by atoms with Gasteiger partial charge in [0.25, 0.3) is 0 Å². The number of aryl methyl sites for hydroxylation is 1. The van der Waals surface area contributed by atoms with Gasteiger partial charge in [-0.25, -0.2) is 0 Å². The normalized spacial score (nSPS) is 12.1. The van der Waals surface area contributed by atoms with E-state index in [1.165, 1.54) is 6.20 Å². The Labute approximate surface area is 266 Å². The number of pyridine rings is 1. The van der Waals surface area contributed by atoms with Gasteiger partial charge in [0.2, 0.25) is 0 Å². The lowest BCUT2D eigenvalue weighted by Crippen LogP contribution is -2.20. The van der Waals surface area contributed by atoms with Crippen molar-refractivity contribution in [2.24, 2.45) is 5.73 Å². The van der Waals surface area contributed by atoms with E-state index in [0.29, 0.717) is 53.0 Å². The smallest absolute Gasteiger partial charge is 0.416 e. The molecule has 232 valence electrons. The minimum absolute atomic E-state index is 0.0141. The Kier molecular flexibility index (Phi) is 11.8. The van der Waals surface area contributed by atoms with Crippen LogP contribution in [-0.4, -0.2) is 38.5 Å². The highest BCUT2D eigenvalue weighted by molar-refractivity contribution is 6.37. The standard InChI is InChI=1S/C34H33Cl2F3N2O3/c1-22-16-30(35)33(31(36)17-22)44-15-14-43-26-11-9-23(10-12-26)18-25(20-40)28-21-41-32(19-29(28)34(37,38)39)27-8-4-3-6-24(27)7-5-13-42-2/h4,8-12,16-17,19,21,25H,5,7,13-15,18,20,40H2,1-2H3. The largest absolute Gasteiger partial charge is 0.490 e. The van der Waals surface area contributed by atoms with Gasteiger partial charge in [-0.2, -0.15) is 13.2 Å². The average molecular weight is 646 g/mol. The molecule has 3 aromatic carbocycles. The number of hydrogen-bond acceptors (Lipinski definition) is 5. The van der Waals surface area contributed by atoms with Crippen molar-refractivity contribution in [1.82, 2.24) is 4.98 Å². The first-order valence-electron chi connectivity index (χ1n) is 14.1. The molecule has 0 spiro atoms. The van der Waals surface area contributed by atoms with Crippen molar-refractivity contribution in [3.63, 3.8) is 0 Å². The fraction of sp³-hybridized carbons (Fsp3) is 0.324. The summed E-state index contributed by atoms with van der Waals surface area (Å²) in [7, 11) is 1.60. The predicted molar refractivity (Wildman–Crippen MR) is 167 cm³/mol. The highest BCUT2D eigenvalue weighted by Crippen LogP contribution is 2.38. The Morgan fingerprint density at radius 1 is 0.977 bits per heavy atom. The van der Waals surface area contributed by atoms with Crippen molar-refractivity contribution in [2.45, 2.75) is 38.3 Å². The summed E-state index contributed by atoms with van der Waals surface area (Å²) in [5.41, 5.74) is 8.63. The third-order valence-electron chi connectivity index (χ3n) is 7.04. The molecule has 0 amide bonds. The zero-order valence-corrected chi connectivity index (χ0v) is 26.0. The van der Waals surface area contributed by atoms with Gasteiger partial charge in [-0.05, 0) is 91.9 Å². The van der Waals surface area contributed by atoms with E-state index in [1.54, 1.807) is 43.5 Å². The summed E-state index contributed by atoms with van der Waals surface area (Å²) >= 11 is 12.4. The second-order valence-corrected chi connectivity index (χ2v) is 11.1. The molecule has 1 unspecified atom stereocenters. The van der Waals surface area contributed by atoms with Gasteiger partial charge >= 0.3 is 6.18 Å². The summed E-state index contributed by atoms with van der Waals surface area (Å²) in [4.78, 5) is 4.45. The molecule has 1 heterocycles. The quantitative estimate of drug-likeness (QED) is 0.140. The molecule has 0 saturated heterocycles. The molecule has 44 heavy (non-hydrogen) atoms. The number of aromatic nitrogens is 1. The molecule has 5 nitrogen and oxygen atoms in total. The van der Waals surface area contributed by atoms with Crippen molar-refractivity contribution in [2.75, 3.05) is 33.5 Å². The fourth-order valence-corrected chi connectivity index (χ4v) is 5.60. The van der Waals surface area contributed by atoms with E-state index >= 15 is 0 Å². The van der Waals surface area contributed by atoms with Crippen LogP contribution in [0.4, 0.5) is 13.2 Å². The number of alkyl halides is 3. The summed E-state index contributed by atoms with van der Waals surface area (Å²) < 4.78 is 59.6. The molecule has 0 radical (unpaired) electrons. The third kappa shape index (κ3) is 8.80. The molecule has 2 N–H and O–H groups in total. The van der Waals surface area contributed by atoms with Crippen LogP contribution in [0.2, 0.25) is 10.0 Å². The molecular weight excluding hydrogens is 612 g/mol. The number of nitrogens with two attached hydrogens (primary N) is 1. The predicted octanol–water partition coefficient (Wildman–Crippen LogP) is 8.30. The SMILES string of the molecule is COCCCc1c#cccc1-c1cc(C(F)(F)F)c(C(CN)Cc2ccc(OCCOc3c(Cl)cc(C)cc3Cl)cc2)cn1. The van der Waals surface area contributed by atoms with Crippen LogP contribution < -0.4 is 15.2 Å². The van der Waals surface area contributed by atoms with Crippen LogP contribution in [0.25, 0.3) is 11.3 Å². The van der Waals surface area contributed by atoms with Gasteiger partial charge in [0, 0.05) is 37.0 Å². The number of halogens is 5. The van der Waals surface area contributed by atoms with Crippen LogP contribution in [-0.2, 0) is 23.8 Å². The number of nitrogens with zero attached hydrogens (tertiary/aromatic N) is 1. The Bertz CT molecular complexity index is 1510. The summed E-state index contributed by atoms with van der Waals surface area (Å²) in [6.07, 6.45) is -1.71.